The van der Waals surface area contributed by atoms with Crippen LogP contribution in [0.5, 0.6) is 5.75 Å². The first-order valence-corrected chi connectivity index (χ1v) is 9.65. The van der Waals surface area contributed by atoms with Crippen molar-refractivity contribution in [3.63, 3.8) is 0 Å². The molecule has 6 nitrogen and oxygen atoms in total. The molecular weight excluding hydrogens is 374 g/mol. The Morgan fingerprint density at radius 3 is 2.61 bits per heavy atom. The summed E-state index contributed by atoms with van der Waals surface area (Å²) in [5, 5.41) is 2.87. The molecule has 1 aliphatic rings. The summed E-state index contributed by atoms with van der Waals surface area (Å²) in [6.07, 6.45) is 1.72. The Balaban J connectivity index is 1.73. The maximum Gasteiger partial charge on any atom is 0.242 e. The average molecular weight is 395 g/mol. The summed E-state index contributed by atoms with van der Waals surface area (Å²) < 4.78 is 5.15. The number of ether oxygens (including phenoxy) is 1. The van der Waals surface area contributed by atoms with Crippen molar-refractivity contribution in [1.29, 1.82) is 0 Å². The number of hydrogen-bond acceptors (Lipinski definition) is 5. The van der Waals surface area contributed by atoms with Crippen LogP contribution in [0.25, 0.3) is 0 Å². The number of aliphatic imine (C=N–C) groups is 1. The van der Waals surface area contributed by atoms with Crippen LogP contribution in [-0.4, -0.2) is 40.8 Å². The molecule has 1 N–H and O–H groups in total. The van der Waals surface area contributed by atoms with E-state index in [1.807, 2.05) is 54.6 Å². The molecule has 1 fully saturated rings. The summed E-state index contributed by atoms with van der Waals surface area (Å²) in [6, 6.07) is 16.4. The van der Waals surface area contributed by atoms with E-state index < -0.39 is 5.25 Å². The van der Waals surface area contributed by atoms with E-state index in [1.54, 1.807) is 18.1 Å². The molecule has 1 atom stereocenters. The zero-order valence-corrected chi connectivity index (χ0v) is 16.3. The summed E-state index contributed by atoms with van der Waals surface area (Å²) in [4.78, 5) is 31.2. The minimum Gasteiger partial charge on any atom is -0.497 e. The first-order valence-electron chi connectivity index (χ1n) is 8.77. The van der Waals surface area contributed by atoms with Gasteiger partial charge in [-0.3, -0.25) is 14.5 Å². The van der Waals surface area contributed by atoms with Gasteiger partial charge >= 0.3 is 0 Å². The fourth-order valence-electron chi connectivity index (χ4n) is 2.69. The molecular formula is C21H21N3O3S. The van der Waals surface area contributed by atoms with Crippen LogP contribution in [0.15, 0.2) is 72.2 Å². The smallest absolute Gasteiger partial charge is 0.242 e. The molecule has 0 spiro atoms. The van der Waals surface area contributed by atoms with Gasteiger partial charge < -0.3 is 10.1 Å². The van der Waals surface area contributed by atoms with Crippen LogP contribution in [0.4, 0.5) is 11.4 Å². The molecule has 28 heavy (non-hydrogen) atoms. The lowest BCUT2D eigenvalue weighted by atomic mass is 10.2. The number of nitrogens with zero attached hydrogens (tertiary/aromatic N) is 2. The molecule has 1 heterocycles. The van der Waals surface area contributed by atoms with Crippen LogP contribution < -0.4 is 10.1 Å². The minimum absolute atomic E-state index is 0.0771. The van der Waals surface area contributed by atoms with Gasteiger partial charge in [-0.1, -0.05) is 36.0 Å². The molecule has 0 aromatic heterocycles. The molecule has 0 bridgehead atoms. The number of rotatable bonds is 7. The van der Waals surface area contributed by atoms with Crippen LogP contribution in [0.3, 0.4) is 0 Å². The number of benzene rings is 2. The number of anilines is 1. The number of carbonyl (C=O) groups is 2. The highest BCUT2D eigenvalue weighted by atomic mass is 32.2. The lowest BCUT2D eigenvalue weighted by Gasteiger charge is -2.13. The molecule has 2 amide bonds. The zero-order chi connectivity index (χ0) is 19.9. The average Bonchev–Trinajstić information content (AvgIpc) is 2.98. The van der Waals surface area contributed by atoms with Crippen molar-refractivity contribution in [2.75, 3.05) is 19.0 Å². The number of amidine groups is 1. The summed E-state index contributed by atoms with van der Waals surface area (Å²) in [7, 11) is 1.60. The van der Waals surface area contributed by atoms with E-state index in [4.69, 9.17) is 4.74 Å². The Morgan fingerprint density at radius 2 is 1.96 bits per heavy atom. The fourth-order valence-corrected chi connectivity index (χ4v) is 3.86. The maximum absolute atomic E-state index is 12.8. The summed E-state index contributed by atoms with van der Waals surface area (Å²) in [6.45, 7) is 4.06. The normalized spacial score (nSPS) is 17.6. The third kappa shape index (κ3) is 4.80. The highest BCUT2D eigenvalue weighted by Crippen LogP contribution is 2.32. The zero-order valence-electron chi connectivity index (χ0n) is 15.5. The van der Waals surface area contributed by atoms with Gasteiger partial charge in [-0.25, -0.2) is 4.99 Å². The van der Waals surface area contributed by atoms with Gasteiger partial charge in [-0.05, 0) is 36.4 Å². The van der Waals surface area contributed by atoms with Gasteiger partial charge in [0.1, 0.15) is 11.0 Å². The van der Waals surface area contributed by atoms with E-state index in [1.165, 1.54) is 11.8 Å². The second kappa shape index (κ2) is 9.23. The molecule has 3 rings (SSSR count). The second-order valence-electron chi connectivity index (χ2n) is 6.05. The van der Waals surface area contributed by atoms with Crippen molar-refractivity contribution in [3.05, 3.63) is 67.3 Å². The van der Waals surface area contributed by atoms with Gasteiger partial charge in [0.25, 0.3) is 0 Å². The third-order valence-corrected chi connectivity index (χ3v) is 5.23. The van der Waals surface area contributed by atoms with E-state index in [9.17, 15) is 9.59 Å². The molecule has 0 aliphatic carbocycles. The fraction of sp³-hybridized carbons (Fsp3) is 0.190. The second-order valence-corrected chi connectivity index (χ2v) is 7.22. The minimum atomic E-state index is -0.513. The SMILES string of the molecule is C=CCN1C(=O)[C@@H](CC(=O)Nc2ccccc2)SC1=Nc1ccc(OC)cc1. The Morgan fingerprint density at radius 1 is 1.25 bits per heavy atom. The predicted molar refractivity (Wildman–Crippen MR) is 113 cm³/mol. The molecule has 0 saturated carbocycles. The predicted octanol–water partition coefficient (Wildman–Crippen LogP) is 3.84. The van der Waals surface area contributed by atoms with Crippen molar-refractivity contribution in [2.24, 2.45) is 4.99 Å². The molecule has 144 valence electrons. The standard InChI is InChI=1S/C21H21N3O3S/c1-3-13-24-20(26)18(14-19(25)22-15-7-5-4-6-8-15)28-21(24)23-16-9-11-17(27-2)12-10-16/h3-12,18H,1,13-14H2,2H3,(H,22,25)/t18-/m1/s1. The number of para-hydroxylation sites is 1. The van der Waals surface area contributed by atoms with Gasteiger partial charge in [0.2, 0.25) is 11.8 Å². The van der Waals surface area contributed by atoms with Crippen molar-refractivity contribution in [2.45, 2.75) is 11.7 Å². The summed E-state index contributed by atoms with van der Waals surface area (Å²) in [5.41, 5.74) is 1.41. The van der Waals surface area contributed by atoms with Crippen LogP contribution >= 0.6 is 11.8 Å². The lowest BCUT2D eigenvalue weighted by Crippen LogP contribution is -2.33. The van der Waals surface area contributed by atoms with Crippen LogP contribution in [0.2, 0.25) is 0 Å². The number of nitrogens with one attached hydrogen (secondary N) is 1. The lowest BCUT2D eigenvalue weighted by molar-refractivity contribution is -0.127. The summed E-state index contributed by atoms with van der Waals surface area (Å²) in [5.74, 6) is 0.388. The van der Waals surface area contributed by atoms with E-state index >= 15 is 0 Å². The maximum atomic E-state index is 12.8. The molecule has 1 aliphatic heterocycles. The first-order chi connectivity index (χ1) is 13.6. The number of methoxy groups -OCH3 is 1. The van der Waals surface area contributed by atoms with Gasteiger partial charge in [0, 0.05) is 18.7 Å². The Hall–Kier alpha value is -3.06. The van der Waals surface area contributed by atoms with Crippen LogP contribution in [0, 0.1) is 0 Å². The highest BCUT2D eigenvalue weighted by Gasteiger charge is 2.38. The van der Waals surface area contributed by atoms with Gasteiger partial charge in [-0.2, -0.15) is 0 Å². The van der Waals surface area contributed by atoms with Gasteiger partial charge in [0.15, 0.2) is 5.17 Å². The Bertz CT molecular complexity index is 882. The quantitative estimate of drug-likeness (QED) is 0.723. The topological polar surface area (TPSA) is 71.0 Å². The van der Waals surface area contributed by atoms with Crippen molar-refractivity contribution in [1.82, 2.24) is 4.90 Å². The van der Waals surface area contributed by atoms with E-state index in [0.29, 0.717) is 23.1 Å². The van der Waals surface area contributed by atoms with E-state index in [-0.39, 0.29) is 18.2 Å². The first kappa shape index (κ1) is 19.7. The largest absolute Gasteiger partial charge is 0.497 e. The van der Waals surface area contributed by atoms with E-state index in [0.717, 1.165) is 5.75 Å². The number of amides is 2. The monoisotopic (exact) mass is 395 g/mol. The van der Waals surface area contributed by atoms with Crippen molar-refractivity contribution >= 4 is 40.1 Å². The number of carbonyl (C=O) groups excluding carboxylic acids is 2. The van der Waals surface area contributed by atoms with Crippen LogP contribution in [-0.2, 0) is 9.59 Å². The van der Waals surface area contributed by atoms with Crippen molar-refractivity contribution in [3.8, 4) is 5.75 Å². The molecule has 2 aromatic carbocycles. The van der Waals surface area contributed by atoms with Crippen molar-refractivity contribution < 1.29 is 14.3 Å². The highest BCUT2D eigenvalue weighted by molar-refractivity contribution is 8.15. The van der Waals surface area contributed by atoms with Crippen LogP contribution in [0.1, 0.15) is 6.42 Å². The molecule has 0 unspecified atom stereocenters. The van der Waals surface area contributed by atoms with Gasteiger partial charge in [0.05, 0.1) is 12.8 Å². The Labute approximate surface area is 168 Å². The molecule has 0 radical (unpaired) electrons. The van der Waals surface area contributed by atoms with Gasteiger partial charge in [-0.15, -0.1) is 6.58 Å². The Kier molecular flexibility index (Phi) is 6.49. The number of hydrogen-bond donors (Lipinski definition) is 1. The molecule has 7 heteroatoms. The van der Waals surface area contributed by atoms with E-state index in [2.05, 4.69) is 16.9 Å². The molecule has 2 aromatic rings. The number of thioether (sulfide) groups is 1. The molecule has 1 saturated heterocycles. The third-order valence-electron chi connectivity index (χ3n) is 4.06. The summed E-state index contributed by atoms with van der Waals surface area (Å²) >= 11 is 1.30.